The first kappa shape index (κ1) is 22.2. The van der Waals surface area contributed by atoms with E-state index in [1.165, 1.54) is 0 Å². The van der Waals surface area contributed by atoms with Crippen molar-refractivity contribution in [1.29, 1.82) is 0 Å². The molecule has 0 saturated heterocycles. The third-order valence-corrected chi connectivity index (χ3v) is 4.26. The van der Waals surface area contributed by atoms with Gasteiger partial charge in [-0.05, 0) is 59.6 Å². The third-order valence-electron chi connectivity index (χ3n) is 3.77. The molecule has 0 radical (unpaired) electrons. The van der Waals surface area contributed by atoms with Crippen LogP contribution in [-0.4, -0.2) is 50.6 Å². The van der Waals surface area contributed by atoms with E-state index >= 15 is 0 Å². The fourth-order valence-electron chi connectivity index (χ4n) is 2.73. The molecule has 9 heteroatoms. The van der Waals surface area contributed by atoms with Gasteiger partial charge in [0.1, 0.15) is 5.60 Å². The number of nitrogens with zero attached hydrogens (tertiary/aromatic N) is 4. The molecule has 0 spiro atoms. The Labute approximate surface area is 174 Å². The number of carbonyl (C=O) groups is 1. The van der Waals surface area contributed by atoms with Gasteiger partial charge in [0.15, 0.2) is 5.82 Å². The van der Waals surface area contributed by atoms with Gasteiger partial charge in [0.25, 0.3) is 0 Å². The standard InChI is InChI=1S/C18H28BrClN4O3/c1-17(2,3)24(26-10-8-19)14-12-7-9-23(16(25)27-18(4,5)6)11-13(12)21-15(20)22-14/h7-11H2,1-6H3. The molecule has 7 nitrogen and oxygen atoms in total. The topological polar surface area (TPSA) is 67.8 Å². The van der Waals surface area contributed by atoms with Crippen LogP contribution in [0.25, 0.3) is 0 Å². The first-order valence-corrected chi connectivity index (χ1v) is 10.4. The second-order valence-electron chi connectivity index (χ2n) is 8.38. The highest BCUT2D eigenvalue weighted by Gasteiger charge is 2.33. The Bertz CT molecular complexity index is 688. The molecular weight excluding hydrogens is 436 g/mol. The van der Waals surface area contributed by atoms with Crippen molar-refractivity contribution < 1.29 is 14.4 Å². The summed E-state index contributed by atoms with van der Waals surface area (Å²) < 4.78 is 5.48. The number of carbonyl (C=O) groups excluding carboxylic acids is 1. The van der Waals surface area contributed by atoms with E-state index in [0.29, 0.717) is 37.3 Å². The predicted octanol–water partition coefficient (Wildman–Crippen LogP) is 4.35. The average molecular weight is 464 g/mol. The number of aromatic nitrogens is 2. The molecule has 0 atom stereocenters. The quantitative estimate of drug-likeness (QED) is 0.375. The van der Waals surface area contributed by atoms with Gasteiger partial charge in [0, 0.05) is 17.4 Å². The molecule has 152 valence electrons. The SMILES string of the molecule is CC(C)(C)OC(=O)N1CCc2c(nc(Cl)nc2N(OCCBr)C(C)(C)C)C1. The highest BCUT2D eigenvalue weighted by Crippen LogP contribution is 2.32. The Morgan fingerprint density at radius 2 is 1.93 bits per heavy atom. The average Bonchev–Trinajstić information content (AvgIpc) is 2.51. The van der Waals surface area contributed by atoms with E-state index < -0.39 is 5.60 Å². The fourth-order valence-corrected chi connectivity index (χ4v) is 3.06. The van der Waals surface area contributed by atoms with E-state index in [9.17, 15) is 4.79 Å². The largest absolute Gasteiger partial charge is 0.444 e. The summed E-state index contributed by atoms with van der Waals surface area (Å²) in [6, 6.07) is 0. The molecule has 2 rings (SSSR count). The van der Waals surface area contributed by atoms with E-state index in [-0.39, 0.29) is 16.9 Å². The molecule has 0 aromatic carbocycles. The number of alkyl halides is 1. The molecule has 1 amide bonds. The van der Waals surface area contributed by atoms with Gasteiger partial charge in [-0.2, -0.15) is 4.98 Å². The van der Waals surface area contributed by atoms with Gasteiger partial charge in [-0.3, -0.25) is 4.84 Å². The van der Waals surface area contributed by atoms with Gasteiger partial charge in [-0.1, -0.05) is 15.9 Å². The minimum absolute atomic E-state index is 0.131. The minimum atomic E-state index is -0.543. The molecule has 1 aliphatic rings. The minimum Gasteiger partial charge on any atom is -0.444 e. The molecule has 1 aromatic heterocycles. The van der Waals surface area contributed by atoms with Crippen LogP contribution < -0.4 is 5.06 Å². The maximum atomic E-state index is 12.4. The van der Waals surface area contributed by atoms with Gasteiger partial charge in [0.05, 0.1) is 24.4 Å². The van der Waals surface area contributed by atoms with Crippen molar-refractivity contribution in [2.45, 2.75) is 65.6 Å². The Balaban J connectivity index is 2.34. The van der Waals surface area contributed by atoms with Gasteiger partial charge < -0.3 is 9.64 Å². The van der Waals surface area contributed by atoms with Crippen molar-refractivity contribution in [2.75, 3.05) is 23.5 Å². The molecule has 0 fully saturated rings. The first-order chi connectivity index (χ1) is 12.4. The number of halogens is 2. The van der Waals surface area contributed by atoms with Gasteiger partial charge >= 0.3 is 6.09 Å². The maximum Gasteiger partial charge on any atom is 0.410 e. The van der Waals surface area contributed by atoms with Crippen molar-refractivity contribution in [3.8, 4) is 0 Å². The normalized spacial score (nSPS) is 14.7. The molecule has 0 saturated carbocycles. The summed E-state index contributed by atoms with van der Waals surface area (Å²) in [6.07, 6.45) is 0.248. The summed E-state index contributed by atoms with van der Waals surface area (Å²) in [5.74, 6) is 0.655. The highest BCUT2D eigenvalue weighted by atomic mass is 79.9. The smallest absolute Gasteiger partial charge is 0.410 e. The number of hydrogen-bond donors (Lipinski definition) is 0. The van der Waals surface area contributed by atoms with Gasteiger partial charge in [0.2, 0.25) is 5.28 Å². The summed E-state index contributed by atoms with van der Waals surface area (Å²) in [5.41, 5.74) is 0.802. The first-order valence-electron chi connectivity index (χ1n) is 8.94. The number of hydrogen-bond acceptors (Lipinski definition) is 6. The number of rotatable bonds is 4. The van der Waals surface area contributed by atoms with E-state index in [4.69, 9.17) is 21.2 Å². The monoisotopic (exact) mass is 462 g/mol. The van der Waals surface area contributed by atoms with Crippen LogP contribution in [0.2, 0.25) is 5.28 Å². The number of ether oxygens (including phenoxy) is 1. The molecule has 1 aromatic rings. The fraction of sp³-hybridized carbons (Fsp3) is 0.722. The zero-order valence-corrected chi connectivity index (χ0v) is 19.1. The zero-order chi connectivity index (χ0) is 20.4. The highest BCUT2D eigenvalue weighted by molar-refractivity contribution is 9.09. The molecule has 0 aliphatic carbocycles. The van der Waals surface area contributed by atoms with Gasteiger partial charge in [-0.25, -0.2) is 14.8 Å². The lowest BCUT2D eigenvalue weighted by molar-refractivity contribution is 0.0219. The second-order valence-corrected chi connectivity index (χ2v) is 9.51. The van der Waals surface area contributed by atoms with Crippen LogP contribution in [0.15, 0.2) is 0 Å². The Morgan fingerprint density at radius 3 is 2.48 bits per heavy atom. The number of anilines is 1. The summed E-state index contributed by atoms with van der Waals surface area (Å²) in [7, 11) is 0. The van der Waals surface area contributed by atoms with Crippen LogP contribution in [-0.2, 0) is 22.5 Å². The van der Waals surface area contributed by atoms with Crippen molar-refractivity contribution in [3.63, 3.8) is 0 Å². The lowest BCUT2D eigenvalue weighted by Crippen LogP contribution is -2.45. The zero-order valence-electron chi connectivity index (χ0n) is 16.8. The number of fused-ring (bicyclic) bond motifs is 1. The van der Waals surface area contributed by atoms with Gasteiger partial charge in [-0.15, -0.1) is 0 Å². The molecule has 0 unspecified atom stereocenters. The Kier molecular flexibility index (Phi) is 6.97. The molecule has 27 heavy (non-hydrogen) atoms. The summed E-state index contributed by atoms with van der Waals surface area (Å²) >= 11 is 9.58. The molecule has 1 aliphatic heterocycles. The van der Waals surface area contributed by atoms with Crippen LogP contribution in [0.4, 0.5) is 10.6 Å². The summed E-state index contributed by atoms with van der Waals surface area (Å²) in [6.45, 7) is 13.0. The van der Waals surface area contributed by atoms with Crippen molar-refractivity contribution in [1.82, 2.24) is 14.9 Å². The van der Waals surface area contributed by atoms with Crippen LogP contribution in [0.3, 0.4) is 0 Å². The van der Waals surface area contributed by atoms with Crippen LogP contribution >= 0.6 is 27.5 Å². The maximum absolute atomic E-state index is 12.4. The predicted molar refractivity (Wildman–Crippen MR) is 109 cm³/mol. The second kappa shape index (κ2) is 8.49. The number of amides is 1. The molecule has 2 heterocycles. The third kappa shape index (κ3) is 5.93. The van der Waals surface area contributed by atoms with E-state index in [1.54, 1.807) is 9.96 Å². The van der Waals surface area contributed by atoms with Crippen LogP contribution in [0.1, 0.15) is 52.8 Å². The molecule has 0 bridgehead atoms. The lowest BCUT2D eigenvalue weighted by atomic mass is 10.0. The van der Waals surface area contributed by atoms with Crippen molar-refractivity contribution >= 4 is 39.4 Å². The van der Waals surface area contributed by atoms with E-state index in [1.807, 2.05) is 41.5 Å². The molecule has 0 N–H and O–H groups in total. The van der Waals surface area contributed by atoms with E-state index in [2.05, 4.69) is 25.9 Å². The van der Waals surface area contributed by atoms with Crippen molar-refractivity contribution in [2.24, 2.45) is 0 Å². The van der Waals surface area contributed by atoms with Crippen molar-refractivity contribution in [3.05, 3.63) is 16.5 Å². The summed E-state index contributed by atoms with van der Waals surface area (Å²) in [4.78, 5) is 28.8. The lowest BCUT2D eigenvalue weighted by Gasteiger charge is -2.38. The molecular formula is C18H28BrClN4O3. The Hall–Kier alpha value is -1.12. The Morgan fingerprint density at radius 1 is 1.26 bits per heavy atom. The van der Waals surface area contributed by atoms with Crippen LogP contribution in [0.5, 0.6) is 0 Å². The van der Waals surface area contributed by atoms with E-state index in [0.717, 1.165) is 11.3 Å². The summed E-state index contributed by atoms with van der Waals surface area (Å²) in [5, 5.41) is 2.61. The number of hydroxylamine groups is 1. The van der Waals surface area contributed by atoms with Crippen LogP contribution in [0, 0.1) is 0 Å².